The number of hydrogen-bond acceptors (Lipinski definition) is 5. The summed E-state index contributed by atoms with van der Waals surface area (Å²) in [5.74, 6) is 0.151. The van der Waals surface area contributed by atoms with Crippen molar-refractivity contribution < 1.29 is 4.79 Å². The van der Waals surface area contributed by atoms with Crippen molar-refractivity contribution in [2.24, 2.45) is 0 Å². The lowest BCUT2D eigenvalue weighted by Gasteiger charge is -2.34. The van der Waals surface area contributed by atoms with Crippen LogP contribution in [0, 0.1) is 0 Å². The molecule has 0 radical (unpaired) electrons. The number of anilines is 1. The minimum absolute atomic E-state index is 0.151. The Morgan fingerprint density at radius 3 is 2.11 bits per heavy atom. The van der Waals surface area contributed by atoms with Gasteiger partial charge in [0.15, 0.2) is 0 Å². The van der Waals surface area contributed by atoms with E-state index in [-0.39, 0.29) is 5.91 Å². The molecule has 1 aromatic rings. The predicted octanol–water partition coefficient (Wildman–Crippen LogP) is 6.29. The fourth-order valence-corrected chi connectivity index (χ4v) is 7.78. The van der Waals surface area contributed by atoms with Gasteiger partial charge in [0.05, 0.1) is 5.69 Å². The SMILES string of the molecule is O=C1/C(=C2/Sc3ccccc3N2C2CCCCC2)SC(=S)N1C1CCCCC1. The highest BCUT2D eigenvalue weighted by Gasteiger charge is 2.43. The smallest absolute Gasteiger partial charge is 0.269 e. The zero-order valence-corrected chi connectivity index (χ0v) is 18.5. The van der Waals surface area contributed by atoms with E-state index in [4.69, 9.17) is 12.2 Å². The van der Waals surface area contributed by atoms with Crippen LogP contribution < -0.4 is 4.90 Å². The standard InChI is InChI=1S/C22H26N2OS3/c25-20-19(28-22(26)24(20)16-11-5-2-6-12-16)21-23(15-9-3-1-4-10-15)17-13-7-8-14-18(17)27-21/h7-8,13-16H,1-6,9-12H2/b21-19-. The van der Waals surface area contributed by atoms with E-state index in [1.165, 1.54) is 73.7 Å². The average Bonchev–Trinajstić information content (AvgIpc) is 3.26. The lowest BCUT2D eigenvalue weighted by Crippen LogP contribution is -2.40. The molecule has 6 heteroatoms. The summed E-state index contributed by atoms with van der Waals surface area (Å²) in [6, 6.07) is 9.41. The number of para-hydroxylation sites is 1. The topological polar surface area (TPSA) is 23.6 Å². The normalized spacial score (nSPS) is 27.0. The maximum absolute atomic E-state index is 13.5. The molecule has 1 saturated heterocycles. The predicted molar refractivity (Wildman–Crippen MR) is 123 cm³/mol. The largest absolute Gasteiger partial charge is 0.331 e. The number of carbonyl (C=O) groups excluding carboxylic acids is 1. The first-order valence-electron chi connectivity index (χ1n) is 10.6. The molecule has 3 nitrogen and oxygen atoms in total. The molecule has 0 N–H and O–H groups in total. The van der Waals surface area contributed by atoms with Crippen molar-refractivity contribution in [1.82, 2.24) is 4.90 Å². The monoisotopic (exact) mass is 430 g/mol. The van der Waals surface area contributed by atoms with E-state index in [2.05, 4.69) is 29.2 Å². The van der Waals surface area contributed by atoms with Crippen molar-refractivity contribution in [2.75, 3.05) is 4.90 Å². The lowest BCUT2D eigenvalue weighted by molar-refractivity contribution is -0.124. The number of amides is 1. The Bertz CT molecular complexity index is 825. The van der Waals surface area contributed by atoms with Crippen LogP contribution in [0.2, 0.25) is 0 Å². The van der Waals surface area contributed by atoms with E-state index < -0.39 is 0 Å². The molecule has 148 valence electrons. The van der Waals surface area contributed by atoms with Gasteiger partial charge in [-0.3, -0.25) is 9.69 Å². The van der Waals surface area contributed by atoms with E-state index in [0.29, 0.717) is 12.1 Å². The molecule has 2 aliphatic heterocycles. The number of benzene rings is 1. The Kier molecular flexibility index (Phi) is 5.46. The molecule has 1 amide bonds. The average molecular weight is 431 g/mol. The Hall–Kier alpha value is -0.980. The van der Waals surface area contributed by atoms with E-state index in [1.807, 2.05) is 4.90 Å². The summed E-state index contributed by atoms with van der Waals surface area (Å²) in [5.41, 5.74) is 1.28. The molecule has 0 atom stereocenters. The second-order valence-electron chi connectivity index (χ2n) is 8.20. The summed E-state index contributed by atoms with van der Waals surface area (Å²) in [6.07, 6.45) is 12.2. The van der Waals surface area contributed by atoms with Gasteiger partial charge >= 0.3 is 0 Å². The fourth-order valence-electron chi connectivity index (χ4n) is 5.02. The maximum atomic E-state index is 13.5. The Morgan fingerprint density at radius 2 is 1.43 bits per heavy atom. The van der Waals surface area contributed by atoms with Crippen LogP contribution in [0.4, 0.5) is 5.69 Å². The number of hydrogen-bond donors (Lipinski definition) is 0. The Labute approximate surface area is 181 Å². The van der Waals surface area contributed by atoms with Crippen molar-refractivity contribution in [1.29, 1.82) is 0 Å². The summed E-state index contributed by atoms with van der Waals surface area (Å²) in [7, 11) is 0. The van der Waals surface area contributed by atoms with Crippen molar-refractivity contribution in [3.8, 4) is 0 Å². The summed E-state index contributed by atoms with van der Waals surface area (Å²) in [5, 5.41) is 1.13. The zero-order chi connectivity index (χ0) is 19.1. The summed E-state index contributed by atoms with van der Waals surface area (Å²) < 4.78 is 0.763. The molecule has 1 aromatic carbocycles. The minimum atomic E-state index is 0.151. The van der Waals surface area contributed by atoms with Crippen LogP contribution in [0.15, 0.2) is 39.1 Å². The van der Waals surface area contributed by atoms with Crippen molar-refractivity contribution in [2.45, 2.75) is 81.2 Å². The number of thiocarbonyl (C=S) groups is 1. The highest BCUT2D eigenvalue weighted by atomic mass is 32.2. The first-order chi connectivity index (χ1) is 13.7. The van der Waals surface area contributed by atoms with E-state index in [9.17, 15) is 4.79 Å². The maximum Gasteiger partial charge on any atom is 0.269 e. The van der Waals surface area contributed by atoms with Crippen LogP contribution >= 0.6 is 35.7 Å². The van der Waals surface area contributed by atoms with Crippen LogP contribution in [-0.4, -0.2) is 27.2 Å². The Balaban J connectivity index is 1.52. The van der Waals surface area contributed by atoms with Crippen LogP contribution in [0.25, 0.3) is 0 Å². The van der Waals surface area contributed by atoms with Gasteiger partial charge in [-0.15, -0.1) is 0 Å². The molecule has 2 saturated carbocycles. The van der Waals surface area contributed by atoms with Gasteiger partial charge in [0.1, 0.15) is 14.3 Å². The molecule has 2 aliphatic carbocycles. The van der Waals surface area contributed by atoms with E-state index >= 15 is 0 Å². The molecule has 4 aliphatic rings. The zero-order valence-electron chi connectivity index (χ0n) is 16.1. The number of nitrogens with zero attached hydrogens (tertiary/aromatic N) is 2. The second kappa shape index (κ2) is 8.04. The number of thioether (sulfide) groups is 2. The number of fused-ring (bicyclic) bond motifs is 1. The third-order valence-electron chi connectivity index (χ3n) is 6.42. The quantitative estimate of drug-likeness (QED) is 0.405. The first kappa shape index (κ1) is 19.0. The molecule has 0 spiro atoms. The third-order valence-corrected chi connectivity index (χ3v) is 9.10. The van der Waals surface area contributed by atoms with Crippen LogP contribution in [0.3, 0.4) is 0 Å². The van der Waals surface area contributed by atoms with Gasteiger partial charge in [-0.25, -0.2) is 0 Å². The molecular formula is C22H26N2OS3. The third kappa shape index (κ3) is 3.31. The minimum Gasteiger partial charge on any atom is -0.331 e. The number of rotatable bonds is 2. The fraction of sp³-hybridized carbons (Fsp3) is 0.545. The molecule has 0 aromatic heterocycles. The van der Waals surface area contributed by atoms with Crippen molar-refractivity contribution in [3.05, 3.63) is 34.2 Å². The molecule has 5 rings (SSSR count). The summed E-state index contributed by atoms with van der Waals surface area (Å²) in [6.45, 7) is 0. The van der Waals surface area contributed by atoms with Crippen LogP contribution in [-0.2, 0) is 4.79 Å². The molecular weight excluding hydrogens is 404 g/mol. The molecule has 0 unspecified atom stereocenters. The van der Waals surface area contributed by atoms with Gasteiger partial charge in [0.25, 0.3) is 5.91 Å². The molecule has 28 heavy (non-hydrogen) atoms. The molecule has 3 fully saturated rings. The van der Waals surface area contributed by atoms with E-state index in [0.717, 1.165) is 27.1 Å². The van der Waals surface area contributed by atoms with Gasteiger partial charge in [-0.2, -0.15) is 0 Å². The highest BCUT2D eigenvalue weighted by molar-refractivity contribution is 8.27. The summed E-state index contributed by atoms with van der Waals surface area (Å²) in [4.78, 5) is 20.1. The lowest BCUT2D eigenvalue weighted by atomic mass is 9.94. The first-order valence-corrected chi connectivity index (χ1v) is 12.6. The van der Waals surface area contributed by atoms with Gasteiger partial charge < -0.3 is 4.90 Å². The highest BCUT2D eigenvalue weighted by Crippen LogP contribution is 2.53. The number of carbonyl (C=O) groups is 1. The van der Waals surface area contributed by atoms with Gasteiger partial charge in [-0.1, -0.05) is 86.4 Å². The van der Waals surface area contributed by atoms with Gasteiger partial charge in [0.2, 0.25) is 0 Å². The van der Waals surface area contributed by atoms with E-state index in [1.54, 1.807) is 11.8 Å². The van der Waals surface area contributed by atoms with Crippen molar-refractivity contribution in [3.63, 3.8) is 0 Å². The van der Waals surface area contributed by atoms with Gasteiger partial charge in [-0.05, 0) is 37.8 Å². The van der Waals surface area contributed by atoms with Crippen LogP contribution in [0.5, 0.6) is 0 Å². The molecule has 2 heterocycles. The second-order valence-corrected chi connectivity index (χ2v) is 10.9. The van der Waals surface area contributed by atoms with Crippen molar-refractivity contribution >= 4 is 51.7 Å². The van der Waals surface area contributed by atoms with Gasteiger partial charge in [0, 0.05) is 17.0 Å². The van der Waals surface area contributed by atoms with Crippen LogP contribution in [0.1, 0.15) is 64.2 Å². The summed E-state index contributed by atoms with van der Waals surface area (Å²) >= 11 is 9.00. The molecule has 0 bridgehead atoms. The Morgan fingerprint density at radius 1 is 0.821 bits per heavy atom.